The molecule has 0 aliphatic heterocycles. The number of nitrogens with one attached hydrogen (secondary N) is 1. The number of carbonyl (C=O) groups is 1. The van der Waals surface area contributed by atoms with Crippen LogP contribution in [0.2, 0.25) is 0 Å². The van der Waals surface area contributed by atoms with Crippen LogP contribution in [-0.2, 0) is 6.54 Å². The van der Waals surface area contributed by atoms with E-state index in [9.17, 15) is 4.79 Å². The second-order valence-electron chi connectivity index (χ2n) is 5.21. The first-order valence-electron chi connectivity index (χ1n) is 6.81. The Labute approximate surface area is 124 Å². The predicted molar refractivity (Wildman–Crippen MR) is 84.3 cm³/mol. The number of amides is 1. The van der Waals surface area contributed by atoms with Crippen LogP contribution in [0.5, 0.6) is 0 Å². The minimum Gasteiger partial charge on any atom is -0.399 e. The molecule has 0 unspecified atom stereocenters. The number of hydrogen-bond donors (Lipinski definition) is 2. The number of nitrogens with zero attached hydrogens (tertiary/aromatic N) is 3. The lowest BCUT2D eigenvalue weighted by atomic mass is 10.1. The van der Waals surface area contributed by atoms with Gasteiger partial charge < -0.3 is 16.0 Å². The molecule has 2 aromatic rings. The Bertz CT molecular complexity index is 633. The molecule has 0 spiro atoms. The van der Waals surface area contributed by atoms with Crippen LogP contribution in [0.4, 0.5) is 11.4 Å². The summed E-state index contributed by atoms with van der Waals surface area (Å²) in [6.07, 6.45) is 3.80. The molecule has 0 aliphatic rings. The summed E-state index contributed by atoms with van der Waals surface area (Å²) in [6, 6.07) is 5.27. The number of nitrogen functional groups attached to an aromatic ring is 1. The Balaban J connectivity index is 2.07. The minimum absolute atomic E-state index is 0.0487. The zero-order valence-corrected chi connectivity index (χ0v) is 12.6. The van der Waals surface area contributed by atoms with E-state index in [-0.39, 0.29) is 5.91 Å². The Morgan fingerprint density at radius 1 is 1.43 bits per heavy atom. The van der Waals surface area contributed by atoms with E-state index < -0.39 is 0 Å². The lowest BCUT2D eigenvalue weighted by molar-refractivity contribution is 0.0828. The standard InChI is InChI=1S/C15H21N5O/c1-11-9-18-20(10-11)7-6-17-14-8-12(16)4-5-13(14)15(21)19(2)3/h4-5,8-10,17H,6-7,16H2,1-3H3. The Morgan fingerprint density at radius 3 is 2.81 bits per heavy atom. The number of rotatable bonds is 5. The van der Waals surface area contributed by atoms with Crippen LogP contribution in [0.25, 0.3) is 0 Å². The zero-order valence-electron chi connectivity index (χ0n) is 12.6. The van der Waals surface area contributed by atoms with Crippen LogP contribution in [0.1, 0.15) is 15.9 Å². The largest absolute Gasteiger partial charge is 0.399 e. The van der Waals surface area contributed by atoms with E-state index in [0.717, 1.165) is 17.8 Å². The molecule has 0 radical (unpaired) electrons. The molecule has 0 saturated carbocycles. The summed E-state index contributed by atoms with van der Waals surface area (Å²) < 4.78 is 1.86. The Hall–Kier alpha value is -2.50. The number of hydrogen-bond acceptors (Lipinski definition) is 4. The highest BCUT2D eigenvalue weighted by molar-refractivity contribution is 5.99. The number of carbonyl (C=O) groups excluding carboxylic acids is 1. The van der Waals surface area contributed by atoms with E-state index in [2.05, 4.69) is 10.4 Å². The molecule has 21 heavy (non-hydrogen) atoms. The maximum absolute atomic E-state index is 12.1. The molecule has 1 amide bonds. The summed E-state index contributed by atoms with van der Waals surface area (Å²) in [5.41, 5.74) is 8.93. The van der Waals surface area contributed by atoms with Crippen molar-refractivity contribution in [3.05, 3.63) is 41.7 Å². The van der Waals surface area contributed by atoms with Crippen LogP contribution < -0.4 is 11.1 Å². The fourth-order valence-electron chi connectivity index (χ4n) is 2.03. The van der Waals surface area contributed by atoms with E-state index in [1.807, 2.05) is 24.0 Å². The number of anilines is 2. The lowest BCUT2D eigenvalue weighted by Crippen LogP contribution is -2.23. The van der Waals surface area contributed by atoms with Crippen molar-refractivity contribution < 1.29 is 4.79 Å². The molecule has 6 heteroatoms. The molecule has 6 nitrogen and oxygen atoms in total. The van der Waals surface area contributed by atoms with Crippen LogP contribution in [0, 0.1) is 6.92 Å². The van der Waals surface area contributed by atoms with Crippen LogP contribution in [0.15, 0.2) is 30.6 Å². The van der Waals surface area contributed by atoms with E-state index >= 15 is 0 Å². The molecule has 1 aromatic heterocycles. The maximum Gasteiger partial charge on any atom is 0.255 e. The topological polar surface area (TPSA) is 76.2 Å². The molecule has 0 bridgehead atoms. The van der Waals surface area contributed by atoms with Gasteiger partial charge in [-0.2, -0.15) is 5.10 Å². The van der Waals surface area contributed by atoms with Crippen LogP contribution >= 0.6 is 0 Å². The monoisotopic (exact) mass is 287 g/mol. The first-order chi connectivity index (χ1) is 9.97. The molecular formula is C15H21N5O. The molecule has 112 valence electrons. The molecule has 0 aliphatic carbocycles. The van der Waals surface area contributed by atoms with Gasteiger partial charge >= 0.3 is 0 Å². The quantitative estimate of drug-likeness (QED) is 0.819. The predicted octanol–water partition coefficient (Wildman–Crippen LogP) is 1.59. The number of nitrogens with two attached hydrogens (primary N) is 1. The molecule has 3 N–H and O–H groups in total. The van der Waals surface area contributed by atoms with E-state index in [1.165, 1.54) is 0 Å². The van der Waals surface area contributed by atoms with E-state index in [1.54, 1.807) is 37.2 Å². The van der Waals surface area contributed by atoms with Crippen molar-refractivity contribution in [2.75, 3.05) is 31.7 Å². The average molecular weight is 287 g/mol. The third-order valence-corrected chi connectivity index (χ3v) is 3.10. The van der Waals surface area contributed by atoms with Crippen molar-refractivity contribution in [1.29, 1.82) is 0 Å². The third-order valence-electron chi connectivity index (χ3n) is 3.10. The Morgan fingerprint density at radius 2 is 2.19 bits per heavy atom. The van der Waals surface area contributed by atoms with E-state index in [4.69, 9.17) is 5.73 Å². The van der Waals surface area contributed by atoms with Gasteiger partial charge in [0.05, 0.1) is 18.3 Å². The summed E-state index contributed by atoms with van der Waals surface area (Å²) in [5.74, 6) is -0.0487. The number of aryl methyl sites for hydroxylation is 1. The first-order valence-corrected chi connectivity index (χ1v) is 6.81. The summed E-state index contributed by atoms with van der Waals surface area (Å²) in [4.78, 5) is 13.7. The highest BCUT2D eigenvalue weighted by Gasteiger charge is 2.13. The first kappa shape index (κ1) is 14.9. The van der Waals surface area contributed by atoms with Gasteiger partial charge in [-0.3, -0.25) is 9.48 Å². The van der Waals surface area contributed by atoms with Gasteiger partial charge in [-0.1, -0.05) is 0 Å². The van der Waals surface area contributed by atoms with Crippen molar-refractivity contribution >= 4 is 17.3 Å². The van der Waals surface area contributed by atoms with Crippen LogP contribution in [0.3, 0.4) is 0 Å². The van der Waals surface area contributed by atoms with Gasteiger partial charge in [-0.15, -0.1) is 0 Å². The summed E-state index contributed by atoms with van der Waals surface area (Å²) >= 11 is 0. The van der Waals surface area contributed by atoms with Crippen molar-refractivity contribution in [2.24, 2.45) is 0 Å². The average Bonchev–Trinajstić information content (AvgIpc) is 2.84. The van der Waals surface area contributed by atoms with Gasteiger partial charge in [0.2, 0.25) is 0 Å². The Kier molecular flexibility index (Phi) is 4.47. The fourth-order valence-corrected chi connectivity index (χ4v) is 2.03. The SMILES string of the molecule is Cc1cnn(CCNc2cc(N)ccc2C(=O)N(C)C)c1. The molecule has 1 aromatic carbocycles. The molecule has 1 heterocycles. The smallest absolute Gasteiger partial charge is 0.255 e. The minimum atomic E-state index is -0.0487. The molecule has 0 fully saturated rings. The molecule has 2 rings (SSSR count). The second kappa shape index (κ2) is 6.30. The molecular weight excluding hydrogens is 266 g/mol. The number of benzene rings is 1. The van der Waals surface area contributed by atoms with Gasteiger partial charge in [-0.05, 0) is 30.7 Å². The van der Waals surface area contributed by atoms with Gasteiger partial charge in [0.25, 0.3) is 5.91 Å². The zero-order chi connectivity index (χ0) is 15.4. The third kappa shape index (κ3) is 3.75. The van der Waals surface area contributed by atoms with Gasteiger partial charge in [0.1, 0.15) is 0 Å². The van der Waals surface area contributed by atoms with Crippen molar-refractivity contribution in [2.45, 2.75) is 13.5 Å². The van der Waals surface area contributed by atoms with Gasteiger partial charge in [-0.25, -0.2) is 0 Å². The highest BCUT2D eigenvalue weighted by atomic mass is 16.2. The summed E-state index contributed by atoms with van der Waals surface area (Å²) in [5, 5.41) is 7.49. The van der Waals surface area contributed by atoms with Crippen LogP contribution in [-0.4, -0.2) is 41.2 Å². The van der Waals surface area contributed by atoms with Gasteiger partial charge in [0, 0.05) is 38.2 Å². The second-order valence-corrected chi connectivity index (χ2v) is 5.21. The summed E-state index contributed by atoms with van der Waals surface area (Å²) in [7, 11) is 3.46. The normalized spacial score (nSPS) is 10.4. The lowest BCUT2D eigenvalue weighted by Gasteiger charge is -2.16. The maximum atomic E-state index is 12.1. The number of aromatic nitrogens is 2. The molecule has 0 saturated heterocycles. The van der Waals surface area contributed by atoms with Crippen molar-refractivity contribution in [1.82, 2.24) is 14.7 Å². The van der Waals surface area contributed by atoms with Crippen molar-refractivity contribution in [3.8, 4) is 0 Å². The van der Waals surface area contributed by atoms with Gasteiger partial charge in [0.15, 0.2) is 0 Å². The highest BCUT2D eigenvalue weighted by Crippen LogP contribution is 2.20. The van der Waals surface area contributed by atoms with Crippen molar-refractivity contribution in [3.63, 3.8) is 0 Å². The summed E-state index contributed by atoms with van der Waals surface area (Å²) in [6.45, 7) is 3.39. The van der Waals surface area contributed by atoms with E-state index in [0.29, 0.717) is 17.8 Å². The fraction of sp³-hybridized carbons (Fsp3) is 0.333. The molecule has 0 atom stereocenters.